The molecule has 12 heavy (non-hydrogen) atoms. The van der Waals surface area contributed by atoms with E-state index in [9.17, 15) is 0 Å². The third-order valence-corrected chi connectivity index (χ3v) is 0.712. The van der Waals surface area contributed by atoms with E-state index >= 15 is 0 Å². The Balaban J connectivity index is 0. The van der Waals surface area contributed by atoms with Crippen molar-refractivity contribution in [2.45, 2.75) is 13.8 Å². The van der Waals surface area contributed by atoms with Crippen molar-refractivity contribution in [3.05, 3.63) is 0 Å². The van der Waals surface area contributed by atoms with E-state index in [0.717, 1.165) is 26.4 Å². The number of rotatable bonds is 3. The summed E-state index contributed by atoms with van der Waals surface area (Å²) in [6, 6.07) is 0. The summed E-state index contributed by atoms with van der Waals surface area (Å²) >= 11 is 0. The molecule has 1 fully saturated rings. The van der Waals surface area contributed by atoms with E-state index in [0.29, 0.717) is 0 Å². The zero-order chi connectivity index (χ0) is 9.66. The molecule has 0 aliphatic carbocycles. The molecule has 0 saturated carbocycles. The van der Waals surface area contributed by atoms with Crippen LogP contribution in [0.4, 0.5) is 0 Å². The molecule has 0 aromatic rings. The molecule has 0 bridgehead atoms. The minimum Gasteiger partial charge on any atom is -0.394 e. The molecule has 1 saturated heterocycles. The van der Waals surface area contributed by atoms with Crippen LogP contribution in [0.3, 0.4) is 0 Å². The van der Waals surface area contributed by atoms with Crippen LogP contribution in [0.25, 0.3) is 0 Å². The third kappa shape index (κ3) is 52.1. The van der Waals surface area contributed by atoms with E-state index in [4.69, 9.17) is 14.9 Å². The topological polar surface area (TPSA) is 62.2 Å². The predicted molar refractivity (Wildman–Crippen MR) is 47.2 cm³/mol. The fourth-order valence-corrected chi connectivity index (χ4v) is 0.204. The Bertz CT molecular complexity index is 50.3. The number of hydrogen-bond donors (Lipinski definition) is 2. The first kappa shape index (κ1) is 14.4. The highest BCUT2D eigenvalue weighted by molar-refractivity contribution is 4.36. The van der Waals surface area contributed by atoms with Crippen LogP contribution in [0.1, 0.15) is 13.8 Å². The summed E-state index contributed by atoms with van der Waals surface area (Å²) in [4.78, 5) is 0. The number of ether oxygens (including phenoxy) is 2. The molecule has 2 N–H and O–H groups in total. The third-order valence-electron chi connectivity index (χ3n) is 0.712. The Hall–Kier alpha value is -0.160. The van der Waals surface area contributed by atoms with E-state index in [1.165, 1.54) is 0 Å². The lowest BCUT2D eigenvalue weighted by molar-refractivity contribution is 0.162. The molecular weight excluding hydrogens is 160 g/mol. The first-order chi connectivity index (χ1) is 5.83. The molecule has 0 aromatic heterocycles. The van der Waals surface area contributed by atoms with Gasteiger partial charge in [-0.3, -0.25) is 0 Å². The molecule has 0 radical (unpaired) electrons. The average Bonchev–Trinajstić information content (AvgIpc) is 2.92. The molecule has 76 valence electrons. The molecule has 4 nitrogen and oxygen atoms in total. The van der Waals surface area contributed by atoms with Crippen LogP contribution in [0.15, 0.2) is 0 Å². The van der Waals surface area contributed by atoms with Gasteiger partial charge >= 0.3 is 0 Å². The zero-order valence-electron chi connectivity index (χ0n) is 7.95. The molecule has 0 aromatic carbocycles. The van der Waals surface area contributed by atoms with Gasteiger partial charge in [-0.05, 0) is 13.8 Å². The fourth-order valence-electron chi connectivity index (χ4n) is 0.204. The summed E-state index contributed by atoms with van der Waals surface area (Å²) in [6.45, 7) is 7.42. The maximum absolute atomic E-state index is 7.62. The second-order valence-electron chi connectivity index (χ2n) is 1.84. The minimum atomic E-state index is -0.125. The predicted octanol–water partition coefficient (Wildman–Crippen LogP) is 0.0304. The van der Waals surface area contributed by atoms with Crippen molar-refractivity contribution in [2.24, 2.45) is 0 Å². The molecule has 1 heterocycles. The van der Waals surface area contributed by atoms with E-state index in [2.05, 4.69) is 4.74 Å². The molecule has 0 unspecified atom stereocenters. The summed E-state index contributed by atoms with van der Waals surface area (Å²) in [6.07, 6.45) is 0. The Morgan fingerprint density at radius 2 is 1.42 bits per heavy atom. The molecule has 1 rings (SSSR count). The smallest absolute Gasteiger partial charge is 0.0701 e. The lowest BCUT2D eigenvalue weighted by Gasteiger charge is -1.86. The highest BCUT2D eigenvalue weighted by Gasteiger charge is 1.94. The summed E-state index contributed by atoms with van der Waals surface area (Å²) in [7, 11) is 0. The number of aliphatic hydroxyl groups excluding tert-OH is 2. The summed E-state index contributed by atoms with van der Waals surface area (Å²) < 4.78 is 9.33. The fraction of sp³-hybridized carbons (Fsp3) is 1.00. The van der Waals surface area contributed by atoms with Crippen LogP contribution in [0, 0.1) is 0 Å². The summed E-state index contributed by atoms with van der Waals surface area (Å²) in [5.74, 6) is 0. The van der Waals surface area contributed by atoms with Crippen LogP contribution in [0.2, 0.25) is 0 Å². The van der Waals surface area contributed by atoms with Crippen LogP contribution in [-0.4, -0.2) is 49.9 Å². The molecule has 0 spiro atoms. The van der Waals surface area contributed by atoms with Gasteiger partial charge in [0.1, 0.15) is 0 Å². The minimum absolute atomic E-state index is 0.125. The Morgan fingerprint density at radius 1 is 1.08 bits per heavy atom. The maximum Gasteiger partial charge on any atom is 0.0701 e. The maximum atomic E-state index is 7.62. The normalized spacial score (nSPS) is 12.0. The quantitative estimate of drug-likeness (QED) is 0.601. The average molecular weight is 180 g/mol. The first-order valence-electron chi connectivity index (χ1n) is 4.20. The van der Waals surface area contributed by atoms with Gasteiger partial charge < -0.3 is 19.7 Å². The van der Waals surface area contributed by atoms with Gasteiger partial charge in [0.05, 0.1) is 26.4 Å². The highest BCUT2D eigenvalue weighted by Crippen LogP contribution is 1.84. The van der Waals surface area contributed by atoms with Crippen molar-refractivity contribution >= 4 is 0 Å². The largest absolute Gasteiger partial charge is 0.394 e. The van der Waals surface area contributed by atoms with Crippen molar-refractivity contribution in [1.29, 1.82) is 0 Å². The Morgan fingerprint density at radius 3 is 1.42 bits per heavy atom. The van der Waals surface area contributed by atoms with Crippen molar-refractivity contribution in [3.8, 4) is 0 Å². The standard InChI is InChI=1S/C4H10O.C2H6O2.C2H4O/c1-3-5-4-2;3-1-2-4;1-2-3-1/h3-4H2,1-2H3;3-4H,1-2H2;1-2H2. The van der Waals surface area contributed by atoms with Crippen LogP contribution in [-0.2, 0) is 9.47 Å². The van der Waals surface area contributed by atoms with Gasteiger partial charge in [0.15, 0.2) is 0 Å². The van der Waals surface area contributed by atoms with Crippen molar-refractivity contribution in [3.63, 3.8) is 0 Å². The molecule has 0 atom stereocenters. The van der Waals surface area contributed by atoms with E-state index in [-0.39, 0.29) is 13.2 Å². The van der Waals surface area contributed by atoms with Crippen molar-refractivity contribution in [2.75, 3.05) is 39.6 Å². The van der Waals surface area contributed by atoms with Crippen LogP contribution >= 0.6 is 0 Å². The first-order valence-corrected chi connectivity index (χ1v) is 4.20. The van der Waals surface area contributed by atoms with Gasteiger partial charge in [-0.15, -0.1) is 0 Å². The SMILES string of the molecule is C1CO1.CCOCC.OCCO. The Labute approximate surface area is 74.1 Å². The van der Waals surface area contributed by atoms with Crippen LogP contribution in [0.5, 0.6) is 0 Å². The van der Waals surface area contributed by atoms with Gasteiger partial charge in [0.25, 0.3) is 0 Å². The molecule has 1 aliphatic rings. The molecule has 4 heteroatoms. The van der Waals surface area contributed by atoms with Gasteiger partial charge in [0, 0.05) is 13.2 Å². The van der Waals surface area contributed by atoms with Crippen LogP contribution < -0.4 is 0 Å². The van der Waals surface area contributed by atoms with Gasteiger partial charge in [-0.25, -0.2) is 0 Å². The van der Waals surface area contributed by atoms with Crippen molar-refractivity contribution in [1.82, 2.24) is 0 Å². The second kappa shape index (κ2) is 17.1. The molecule has 1 aliphatic heterocycles. The lowest BCUT2D eigenvalue weighted by Crippen LogP contribution is -1.85. The zero-order valence-corrected chi connectivity index (χ0v) is 7.95. The van der Waals surface area contributed by atoms with E-state index in [1.807, 2.05) is 13.8 Å². The van der Waals surface area contributed by atoms with Gasteiger partial charge in [-0.2, -0.15) is 0 Å². The number of aliphatic hydroxyl groups is 2. The summed E-state index contributed by atoms with van der Waals surface area (Å²) in [5.41, 5.74) is 0. The van der Waals surface area contributed by atoms with Gasteiger partial charge in [-0.1, -0.05) is 0 Å². The second-order valence-corrected chi connectivity index (χ2v) is 1.84. The number of hydrogen-bond acceptors (Lipinski definition) is 4. The molecule has 0 amide bonds. The van der Waals surface area contributed by atoms with Gasteiger partial charge in [0.2, 0.25) is 0 Å². The number of epoxide rings is 1. The molecular formula is C8H20O4. The monoisotopic (exact) mass is 180 g/mol. The van der Waals surface area contributed by atoms with E-state index < -0.39 is 0 Å². The summed E-state index contributed by atoms with van der Waals surface area (Å²) in [5, 5.41) is 15.2. The lowest BCUT2D eigenvalue weighted by atomic mass is 10.8. The highest BCUT2D eigenvalue weighted by atomic mass is 16.6. The van der Waals surface area contributed by atoms with E-state index in [1.54, 1.807) is 0 Å². The van der Waals surface area contributed by atoms with Crippen molar-refractivity contribution < 1.29 is 19.7 Å². The Kier molecular flexibility index (Phi) is 20.4.